The first kappa shape index (κ1) is 9.45. The molecule has 1 amide bonds. The SMILES string of the molecule is NC(=O)C1=C(c2ccncc2)C=CNC1. The largest absolute Gasteiger partial charge is 0.387 e. The molecule has 3 N–H and O–H groups in total. The number of nitrogens with one attached hydrogen (secondary N) is 1. The fraction of sp³-hybridized carbons (Fsp3) is 0.0909. The molecule has 0 aliphatic carbocycles. The predicted octanol–water partition coefficient (Wildman–Crippen LogP) is 0.437. The molecule has 0 radical (unpaired) electrons. The molecule has 1 aliphatic rings. The van der Waals surface area contributed by atoms with E-state index >= 15 is 0 Å². The molecule has 0 fully saturated rings. The van der Waals surface area contributed by atoms with Crippen LogP contribution in [-0.2, 0) is 4.79 Å². The second-order valence-corrected chi connectivity index (χ2v) is 3.21. The molecular formula is C11H11N3O. The Labute approximate surface area is 87.5 Å². The van der Waals surface area contributed by atoms with Gasteiger partial charge in [-0.2, -0.15) is 0 Å². The average molecular weight is 201 g/mol. The van der Waals surface area contributed by atoms with E-state index < -0.39 is 5.91 Å². The maximum Gasteiger partial charge on any atom is 0.247 e. The fourth-order valence-electron chi connectivity index (χ4n) is 1.52. The molecule has 15 heavy (non-hydrogen) atoms. The van der Waals surface area contributed by atoms with Gasteiger partial charge in [0, 0.05) is 24.5 Å². The molecule has 1 aromatic heterocycles. The van der Waals surface area contributed by atoms with Gasteiger partial charge in [0.1, 0.15) is 0 Å². The number of hydrogen-bond donors (Lipinski definition) is 2. The molecule has 2 heterocycles. The number of carbonyl (C=O) groups is 1. The zero-order valence-corrected chi connectivity index (χ0v) is 8.10. The Morgan fingerprint density at radius 1 is 1.40 bits per heavy atom. The Morgan fingerprint density at radius 3 is 2.80 bits per heavy atom. The second-order valence-electron chi connectivity index (χ2n) is 3.21. The van der Waals surface area contributed by atoms with Gasteiger partial charge in [-0.1, -0.05) is 0 Å². The molecule has 0 unspecified atom stereocenters. The minimum atomic E-state index is -0.390. The number of nitrogens with two attached hydrogens (primary N) is 1. The van der Waals surface area contributed by atoms with Crippen LogP contribution in [0.15, 0.2) is 42.4 Å². The molecule has 76 valence electrons. The minimum absolute atomic E-state index is 0.390. The highest BCUT2D eigenvalue weighted by atomic mass is 16.1. The first-order valence-electron chi connectivity index (χ1n) is 4.62. The summed E-state index contributed by atoms with van der Waals surface area (Å²) in [6.07, 6.45) is 7.04. The van der Waals surface area contributed by atoms with Crippen molar-refractivity contribution in [2.75, 3.05) is 6.54 Å². The third-order valence-electron chi connectivity index (χ3n) is 2.26. The smallest absolute Gasteiger partial charge is 0.247 e. The molecule has 0 aromatic carbocycles. The van der Waals surface area contributed by atoms with E-state index in [1.165, 1.54) is 0 Å². The summed E-state index contributed by atoms with van der Waals surface area (Å²) < 4.78 is 0. The molecular weight excluding hydrogens is 190 g/mol. The number of aromatic nitrogens is 1. The number of rotatable bonds is 2. The molecule has 0 spiro atoms. The van der Waals surface area contributed by atoms with Crippen LogP contribution in [0.4, 0.5) is 0 Å². The van der Waals surface area contributed by atoms with Crippen molar-refractivity contribution in [3.05, 3.63) is 47.9 Å². The van der Waals surface area contributed by atoms with Gasteiger partial charge in [0.15, 0.2) is 0 Å². The fourth-order valence-corrected chi connectivity index (χ4v) is 1.52. The van der Waals surface area contributed by atoms with E-state index in [1.807, 2.05) is 24.4 Å². The predicted molar refractivity (Wildman–Crippen MR) is 57.5 cm³/mol. The van der Waals surface area contributed by atoms with Crippen LogP contribution in [-0.4, -0.2) is 17.4 Å². The van der Waals surface area contributed by atoms with Crippen LogP contribution in [0.3, 0.4) is 0 Å². The van der Waals surface area contributed by atoms with E-state index in [2.05, 4.69) is 10.3 Å². The summed E-state index contributed by atoms with van der Waals surface area (Å²) in [5.74, 6) is -0.390. The Morgan fingerprint density at radius 2 is 2.13 bits per heavy atom. The van der Waals surface area contributed by atoms with Gasteiger partial charge in [0.2, 0.25) is 5.91 Å². The molecule has 2 rings (SSSR count). The van der Waals surface area contributed by atoms with Crippen LogP contribution in [0.5, 0.6) is 0 Å². The van der Waals surface area contributed by atoms with Crippen LogP contribution in [0.2, 0.25) is 0 Å². The quantitative estimate of drug-likeness (QED) is 0.729. The number of dihydropyridines is 1. The first-order valence-corrected chi connectivity index (χ1v) is 4.62. The number of pyridine rings is 1. The van der Waals surface area contributed by atoms with Crippen molar-refractivity contribution in [3.63, 3.8) is 0 Å². The lowest BCUT2D eigenvalue weighted by atomic mass is 9.98. The number of hydrogen-bond acceptors (Lipinski definition) is 3. The zero-order valence-electron chi connectivity index (χ0n) is 8.10. The summed E-state index contributed by atoms with van der Waals surface area (Å²) in [4.78, 5) is 15.1. The van der Waals surface area contributed by atoms with Gasteiger partial charge in [-0.15, -0.1) is 0 Å². The van der Waals surface area contributed by atoms with Gasteiger partial charge in [0.05, 0.1) is 0 Å². The van der Waals surface area contributed by atoms with Crippen LogP contribution in [0, 0.1) is 0 Å². The van der Waals surface area contributed by atoms with Gasteiger partial charge in [-0.05, 0) is 35.5 Å². The van der Waals surface area contributed by atoms with E-state index in [1.54, 1.807) is 12.4 Å². The Hall–Kier alpha value is -2.10. The lowest BCUT2D eigenvalue weighted by molar-refractivity contribution is -0.114. The number of allylic oxidation sites excluding steroid dienone is 2. The van der Waals surface area contributed by atoms with Crippen molar-refractivity contribution < 1.29 is 4.79 Å². The third-order valence-corrected chi connectivity index (χ3v) is 2.26. The van der Waals surface area contributed by atoms with Crippen LogP contribution in [0.25, 0.3) is 5.57 Å². The molecule has 1 aliphatic heterocycles. The molecule has 0 saturated heterocycles. The Balaban J connectivity index is 2.49. The van der Waals surface area contributed by atoms with Gasteiger partial charge < -0.3 is 11.1 Å². The number of primary amides is 1. The number of carbonyl (C=O) groups excluding carboxylic acids is 1. The van der Waals surface area contributed by atoms with Gasteiger partial charge in [0.25, 0.3) is 0 Å². The highest BCUT2D eigenvalue weighted by molar-refractivity contribution is 6.03. The molecule has 0 bridgehead atoms. The van der Waals surface area contributed by atoms with Crippen molar-refractivity contribution in [2.45, 2.75) is 0 Å². The van der Waals surface area contributed by atoms with Crippen molar-refractivity contribution in [2.24, 2.45) is 5.73 Å². The Bertz CT molecular complexity index is 434. The highest BCUT2D eigenvalue weighted by Crippen LogP contribution is 2.21. The first-order chi connectivity index (χ1) is 7.29. The summed E-state index contributed by atoms with van der Waals surface area (Å²) in [5.41, 5.74) is 7.73. The Kier molecular flexibility index (Phi) is 2.49. The van der Waals surface area contributed by atoms with Crippen molar-refractivity contribution in [1.82, 2.24) is 10.3 Å². The van der Waals surface area contributed by atoms with E-state index in [9.17, 15) is 4.79 Å². The van der Waals surface area contributed by atoms with Crippen molar-refractivity contribution in [1.29, 1.82) is 0 Å². The van der Waals surface area contributed by atoms with Gasteiger partial charge in [-0.25, -0.2) is 0 Å². The third kappa shape index (κ3) is 1.88. The summed E-state index contributed by atoms with van der Waals surface area (Å²) >= 11 is 0. The summed E-state index contributed by atoms with van der Waals surface area (Å²) in [7, 11) is 0. The monoisotopic (exact) mass is 201 g/mol. The van der Waals surface area contributed by atoms with E-state index in [4.69, 9.17) is 5.73 Å². The minimum Gasteiger partial charge on any atom is -0.387 e. The van der Waals surface area contributed by atoms with Crippen LogP contribution in [0.1, 0.15) is 5.56 Å². The lowest BCUT2D eigenvalue weighted by Crippen LogP contribution is -2.25. The zero-order chi connectivity index (χ0) is 10.7. The summed E-state index contributed by atoms with van der Waals surface area (Å²) in [6, 6.07) is 3.71. The summed E-state index contributed by atoms with van der Waals surface area (Å²) in [5, 5.41) is 2.96. The molecule has 4 nitrogen and oxygen atoms in total. The number of nitrogens with zero attached hydrogens (tertiary/aromatic N) is 1. The van der Waals surface area contributed by atoms with Gasteiger partial charge in [-0.3, -0.25) is 9.78 Å². The summed E-state index contributed by atoms with van der Waals surface area (Å²) in [6.45, 7) is 0.476. The van der Waals surface area contributed by atoms with Crippen LogP contribution < -0.4 is 11.1 Å². The molecule has 0 saturated carbocycles. The van der Waals surface area contributed by atoms with Gasteiger partial charge >= 0.3 is 0 Å². The normalized spacial score (nSPS) is 14.9. The van der Waals surface area contributed by atoms with Crippen molar-refractivity contribution >= 4 is 11.5 Å². The van der Waals surface area contributed by atoms with Crippen LogP contribution >= 0.6 is 0 Å². The van der Waals surface area contributed by atoms with E-state index in [0.29, 0.717) is 12.1 Å². The van der Waals surface area contributed by atoms with E-state index in [0.717, 1.165) is 11.1 Å². The lowest BCUT2D eigenvalue weighted by Gasteiger charge is -2.14. The maximum atomic E-state index is 11.2. The maximum absolute atomic E-state index is 11.2. The second kappa shape index (κ2) is 3.96. The molecule has 0 atom stereocenters. The topological polar surface area (TPSA) is 68.0 Å². The average Bonchev–Trinajstić information content (AvgIpc) is 2.30. The molecule has 4 heteroatoms. The standard InChI is InChI=1S/C11H11N3O/c12-11(15)10-7-14-6-3-9(10)8-1-4-13-5-2-8/h1-6,14H,7H2,(H2,12,15). The highest BCUT2D eigenvalue weighted by Gasteiger charge is 2.14. The van der Waals surface area contributed by atoms with Crippen molar-refractivity contribution in [3.8, 4) is 0 Å². The number of amides is 1. The molecule has 1 aromatic rings. The van der Waals surface area contributed by atoms with E-state index in [-0.39, 0.29) is 0 Å².